The van der Waals surface area contributed by atoms with Gasteiger partial charge in [0.05, 0.1) is 12.5 Å². The SMILES string of the molecule is c1ccc2c(c1)NCC1Oc3ccccc3C21. The van der Waals surface area contributed by atoms with Crippen molar-refractivity contribution in [1.82, 2.24) is 0 Å². The average molecular weight is 223 g/mol. The molecule has 0 spiro atoms. The zero-order chi connectivity index (χ0) is 11.2. The molecular weight excluding hydrogens is 210 g/mol. The Morgan fingerprint density at radius 3 is 2.65 bits per heavy atom. The second kappa shape index (κ2) is 3.27. The maximum atomic E-state index is 6.01. The van der Waals surface area contributed by atoms with E-state index < -0.39 is 0 Å². The van der Waals surface area contributed by atoms with E-state index in [2.05, 4.69) is 47.8 Å². The summed E-state index contributed by atoms with van der Waals surface area (Å²) in [6.45, 7) is 0.885. The van der Waals surface area contributed by atoms with Crippen LogP contribution in [0.1, 0.15) is 17.0 Å². The van der Waals surface area contributed by atoms with Gasteiger partial charge in [0.1, 0.15) is 11.9 Å². The molecule has 0 saturated carbocycles. The van der Waals surface area contributed by atoms with Gasteiger partial charge in [-0.15, -0.1) is 0 Å². The van der Waals surface area contributed by atoms with Gasteiger partial charge >= 0.3 is 0 Å². The first-order valence-corrected chi connectivity index (χ1v) is 6.02. The standard InChI is InChI=1S/C15H13NO/c1-3-7-12-10(5-1)15-11-6-2-4-8-13(11)17-14(15)9-16-12/h1-8,14-16H,9H2. The van der Waals surface area contributed by atoms with Crippen LogP contribution in [0.15, 0.2) is 48.5 Å². The Balaban J connectivity index is 1.92. The van der Waals surface area contributed by atoms with E-state index in [1.807, 2.05) is 6.07 Å². The lowest BCUT2D eigenvalue weighted by atomic mass is 9.85. The van der Waals surface area contributed by atoms with Crippen molar-refractivity contribution in [1.29, 1.82) is 0 Å². The van der Waals surface area contributed by atoms with Gasteiger partial charge in [-0.05, 0) is 17.7 Å². The molecule has 2 unspecified atom stereocenters. The highest BCUT2D eigenvalue weighted by Gasteiger charge is 2.38. The molecule has 1 N–H and O–H groups in total. The molecule has 2 nitrogen and oxygen atoms in total. The minimum atomic E-state index is 0.238. The molecule has 0 amide bonds. The molecule has 0 aliphatic carbocycles. The van der Waals surface area contributed by atoms with E-state index in [1.165, 1.54) is 16.8 Å². The molecule has 0 radical (unpaired) electrons. The van der Waals surface area contributed by atoms with E-state index in [4.69, 9.17) is 4.74 Å². The average Bonchev–Trinajstić information content (AvgIpc) is 2.77. The molecule has 2 heterocycles. The van der Waals surface area contributed by atoms with Gasteiger partial charge < -0.3 is 10.1 Å². The molecule has 2 atom stereocenters. The number of hydrogen-bond donors (Lipinski definition) is 1. The minimum absolute atomic E-state index is 0.238. The highest BCUT2D eigenvalue weighted by atomic mass is 16.5. The van der Waals surface area contributed by atoms with Crippen LogP contribution in [0.2, 0.25) is 0 Å². The normalized spacial score (nSPS) is 24.0. The van der Waals surface area contributed by atoms with Crippen LogP contribution in [0.3, 0.4) is 0 Å². The third kappa shape index (κ3) is 1.21. The molecule has 2 heteroatoms. The van der Waals surface area contributed by atoms with Crippen LogP contribution in [-0.2, 0) is 0 Å². The molecule has 84 valence electrons. The van der Waals surface area contributed by atoms with Crippen molar-refractivity contribution in [2.24, 2.45) is 0 Å². The van der Waals surface area contributed by atoms with Gasteiger partial charge in [0.15, 0.2) is 0 Å². The topological polar surface area (TPSA) is 21.3 Å². The molecule has 2 aromatic carbocycles. The summed E-state index contributed by atoms with van der Waals surface area (Å²) < 4.78 is 6.01. The first-order valence-electron chi connectivity index (χ1n) is 6.02. The third-order valence-corrected chi connectivity index (χ3v) is 3.69. The van der Waals surface area contributed by atoms with Crippen molar-refractivity contribution in [3.8, 4) is 5.75 Å². The summed E-state index contributed by atoms with van der Waals surface area (Å²) in [6, 6.07) is 16.9. The lowest BCUT2D eigenvalue weighted by Crippen LogP contribution is -2.33. The largest absolute Gasteiger partial charge is 0.487 e. The highest BCUT2D eigenvalue weighted by Crippen LogP contribution is 2.46. The first kappa shape index (κ1) is 9.11. The monoisotopic (exact) mass is 223 g/mol. The summed E-state index contributed by atoms with van der Waals surface area (Å²) in [4.78, 5) is 0. The quantitative estimate of drug-likeness (QED) is 0.741. The molecule has 17 heavy (non-hydrogen) atoms. The Hall–Kier alpha value is -1.96. The highest BCUT2D eigenvalue weighted by molar-refractivity contribution is 5.61. The maximum Gasteiger partial charge on any atom is 0.127 e. The molecule has 2 aliphatic rings. The molecule has 4 rings (SSSR count). The van der Waals surface area contributed by atoms with Crippen molar-refractivity contribution in [3.05, 3.63) is 59.7 Å². The zero-order valence-corrected chi connectivity index (χ0v) is 9.39. The summed E-state index contributed by atoms with van der Waals surface area (Å²) in [5.74, 6) is 1.43. The van der Waals surface area contributed by atoms with Crippen molar-refractivity contribution < 1.29 is 4.74 Å². The molecular formula is C15H13NO. The molecule has 0 saturated heterocycles. The van der Waals surface area contributed by atoms with Crippen LogP contribution in [-0.4, -0.2) is 12.6 Å². The molecule has 0 fully saturated rings. The van der Waals surface area contributed by atoms with E-state index in [1.54, 1.807) is 0 Å². The first-order chi connectivity index (χ1) is 8.43. The van der Waals surface area contributed by atoms with E-state index in [9.17, 15) is 0 Å². The lowest BCUT2D eigenvalue weighted by molar-refractivity contribution is 0.227. The van der Waals surface area contributed by atoms with Crippen LogP contribution in [0.5, 0.6) is 5.75 Å². The van der Waals surface area contributed by atoms with Crippen molar-refractivity contribution in [2.75, 3.05) is 11.9 Å². The van der Waals surface area contributed by atoms with Gasteiger partial charge in [-0.1, -0.05) is 36.4 Å². The summed E-state index contributed by atoms with van der Waals surface area (Å²) in [5, 5.41) is 3.44. The summed E-state index contributed by atoms with van der Waals surface area (Å²) in [5.41, 5.74) is 3.93. The minimum Gasteiger partial charge on any atom is -0.487 e. The Bertz CT molecular complexity index is 579. The van der Waals surface area contributed by atoms with Gasteiger partial charge in [0.25, 0.3) is 0 Å². The van der Waals surface area contributed by atoms with Gasteiger partial charge in [-0.25, -0.2) is 0 Å². The van der Waals surface area contributed by atoms with Gasteiger partial charge in [-0.2, -0.15) is 0 Å². The second-order valence-corrected chi connectivity index (χ2v) is 4.64. The summed E-state index contributed by atoms with van der Waals surface area (Å²) in [7, 11) is 0. The van der Waals surface area contributed by atoms with Crippen molar-refractivity contribution >= 4 is 5.69 Å². The van der Waals surface area contributed by atoms with E-state index in [0.717, 1.165) is 12.3 Å². The van der Waals surface area contributed by atoms with Crippen LogP contribution in [0, 0.1) is 0 Å². The smallest absolute Gasteiger partial charge is 0.127 e. The number of nitrogens with one attached hydrogen (secondary N) is 1. The summed E-state index contributed by atoms with van der Waals surface area (Å²) >= 11 is 0. The van der Waals surface area contributed by atoms with Gasteiger partial charge in [0.2, 0.25) is 0 Å². The van der Waals surface area contributed by atoms with Crippen LogP contribution >= 0.6 is 0 Å². The van der Waals surface area contributed by atoms with E-state index >= 15 is 0 Å². The number of anilines is 1. The summed E-state index contributed by atoms with van der Waals surface area (Å²) in [6.07, 6.45) is 0.238. The van der Waals surface area contributed by atoms with Gasteiger partial charge in [0, 0.05) is 11.3 Å². The number of hydrogen-bond acceptors (Lipinski definition) is 2. The lowest BCUT2D eigenvalue weighted by Gasteiger charge is -2.28. The predicted octanol–water partition coefficient (Wildman–Crippen LogP) is 3.01. The molecule has 0 bridgehead atoms. The second-order valence-electron chi connectivity index (χ2n) is 4.64. The number of fused-ring (bicyclic) bond motifs is 5. The maximum absolute atomic E-state index is 6.01. The van der Waals surface area contributed by atoms with Crippen molar-refractivity contribution in [3.63, 3.8) is 0 Å². The Kier molecular flexibility index (Phi) is 1.75. The Morgan fingerprint density at radius 1 is 0.941 bits per heavy atom. The number of para-hydroxylation sites is 2. The predicted molar refractivity (Wildman–Crippen MR) is 67.6 cm³/mol. The molecule has 0 aromatic heterocycles. The van der Waals surface area contributed by atoms with Crippen LogP contribution in [0.4, 0.5) is 5.69 Å². The fourth-order valence-corrected chi connectivity index (χ4v) is 2.94. The number of benzene rings is 2. The fraction of sp³-hybridized carbons (Fsp3) is 0.200. The zero-order valence-electron chi connectivity index (χ0n) is 9.39. The van der Waals surface area contributed by atoms with Gasteiger partial charge in [-0.3, -0.25) is 0 Å². The molecule has 2 aliphatic heterocycles. The fourth-order valence-electron chi connectivity index (χ4n) is 2.94. The van der Waals surface area contributed by atoms with E-state index in [0.29, 0.717) is 5.92 Å². The van der Waals surface area contributed by atoms with Crippen LogP contribution in [0.25, 0.3) is 0 Å². The van der Waals surface area contributed by atoms with Crippen molar-refractivity contribution in [2.45, 2.75) is 12.0 Å². The van der Waals surface area contributed by atoms with E-state index in [-0.39, 0.29) is 6.10 Å². The number of rotatable bonds is 0. The molecule has 2 aromatic rings. The Labute approximate surface area is 100 Å². The number of ether oxygens (including phenoxy) is 1. The Morgan fingerprint density at radius 2 is 1.71 bits per heavy atom. The van der Waals surface area contributed by atoms with Crippen LogP contribution < -0.4 is 10.1 Å². The third-order valence-electron chi connectivity index (χ3n) is 3.69.